The Morgan fingerprint density at radius 1 is 1.27 bits per heavy atom. The zero-order chi connectivity index (χ0) is 15.5. The predicted octanol–water partition coefficient (Wildman–Crippen LogP) is 2.85. The maximum Gasteiger partial charge on any atom is 0.255 e. The van der Waals surface area contributed by atoms with Gasteiger partial charge in [0.25, 0.3) is 5.91 Å². The fourth-order valence-corrected chi connectivity index (χ4v) is 2.88. The number of amides is 2. The van der Waals surface area contributed by atoms with E-state index < -0.39 is 0 Å². The van der Waals surface area contributed by atoms with Crippen LogP contribution in [0, 0.1) is 11.3 Å². The molecule has 0 unspecified atom stereocenters. The van der Waals surface area contributed by atoms with Gasteiger partial charge in [0.15, 0.2) is 0 Å². The lowest BCUT2D eigenvalue weighted by Gasteiger charge is -2.17. The molecule has 22 heavy (non-hydrogen) atoms. The molecule has 5 nitrogen and oxygen atoms in total. The van der Waals surface area contributed by atoms with Gasteiger partial charge in [-0.15, -0.1) is 11.8 Å². The van der Waals surface area contributed by atoms with Crippen LogP contribution in [0.4, 0.5) is 11.4 Å². The van der Waals surface area contributed by atoms with Crippen molar-refractivity contribution in [1.29, 1.82) is 5.26 Å². The number of carbonyl (C=O) groups excluding carboxylic acids is 2. The number of hydrogen-bond acceptors (Lipinski definition) is 4. The van der Waals surface area contributed by atoms with Crippen LogP contribution in [0.15, 0.2) is 47.4 Å². The van der Waals surface area contributed by atoms with Crippen LogP contribution >= 0.6 is 11.8 Å². The van der Waals surface area contributed by atoms with Gasteiger partial charge in [0, 0.05) is 16.1 Å². The van der Waals surface area contributed by atoms with Crippen LogP contribution < -0.4 is 10.6 Å². The summed E-state index contributed by atoms with van der Waals surface area (Å²) in [5.41, 5.74) is 2.13. The van der Waals surface area contributed by atoms with Gasteiger partial charge in [0.05, 0.1) is 23.1 Å². The molecule has 0 fully saturated rings. The van der Waals surface area contributed by atoms with E-state index in [4.69, 9.17) is 5.26 Å². The number of anilines is 2. The van der Waals surface area contributed by atoms with E-state index in [1.165, 1.54) is 17.8 Å². The summed E-state index contributed by atoms with van der Waals surface area (Å²) in [4.78, 5) is 24.6. The molecule has 108 valence electrons. The van der Waals surface area contributed by atoms with Crippen LogP contribution in [0.2, 0.25) is 0 Å². The second kappa shape index (κ2) is 5.92. The molecule has 0 spiro atoms. The first-order valence-corrected chi connectivity index (χ1v) is 7.52. The van der Waals surface area contributed by atoms with Gasteiger partial charge in [0.1, 0.15) is 0 Å². The third-order valence-electron chi connectivity index (χ3n) is 3.12. The summed E-state index contributed by atoms with van der Waals surface area (Å²) in [5, 5.41) is 14.4. The highest BCUT2D eigenvalue weighted by Crippen LogP contribution is 2.33. The Hall–Kier alpha value is -2.78. The van der Waals surface area contributed by atoms with E-state index in [0.717, 1.165) is 4.90 Å². The average molecular weight is 309 g/mol. The molecule has 2 amide bonds. The van der Waals surface area contributed by atoms with Crippen molar-refractivity contribution < 1.29 is 9.59 Å². The van der Waals surface area contributed by atoms with Crippen LogP contribution in [0.3, 0.4) is 0 Å². The number of thioether (sulfide) groups is 1. The Labute approximate surface area is 131 Å². The molecule has 0 aliphatic carbocycles. The van der Waals surface area contributed by atoms with Crippen molar-refractivity contribution in [3.05, 3.63) is 53.6 Å². The van der Waals surface area contributed by atoms with Crippen molar-refractivity contribution in [2.45, 2.75) is 4.90 Å². The zero-order valence-electron chi connectivity index (χ0n) is 11.4. The van der Waals surface area contributed by atoms with Crippen molar-refractivity contribution in [2.75, 3.05) is 16.4 Å². The van der Waals surface area contributed by atoms with Gasteiger partial charge in [-0.1, -0.05) is 6.07 Å². The van der Waals surface area contributed by atoms with E-state index >= 15 is 0 Å². The van der Waals surface area contributed by atoms with Crippen LogP contribution in [-0.2, 0) is 4.79 Å². The van der Waals surface area contributed by atoms with E-state index in [1.807, 2.05) is 12.1 Å². The highest BCUT2D eigenvalue weighted by molar-refractivity contribution is 8.00. The fraction of sp³-hybridized carbons (Fsp3) is 0.0625. The maximum absolute atomic E-state index is 12.2. The van der Waals surface area contributed by atoms with Crippen LogP contribution in [0.1, 0.15) is 15.9 Å². The van der Waals surface area contributed by atoms with Gasteiger partial charge < -0.3 is 10.6 Å². The lowest BCUT2D eigenvalue weighted by molar-refractivity contribution is -0.113. The van der Waals surface area contributed by atoms with Crippen molar-refractivity contribution >= 4 is 35.0 Å². The van der Waals surface area contributed by atoms with Gasteiger partial charge in [-0.05, 0) is 36.4 Å². The van der Waals surface area contributed by atoms with Gasteiger partial charge in [-0.3, -0.25) is 9.59 Å². The Kier molecular flexibility index (Phi) is 3.81. The van der Waals surface area contributed by atoms with E-state index in [9.17, 15) is 9.59 Å². The minimum absolute atomic E-state index is 0.0531. The Morgan fingerprint density at radius 2 is 2.14 bits per heavy atom. The molecule has 0 radical (unpaired) electrons. The van der Waals surface area contributed by atoms with E-state index in [1.54, 1.807) is 30.3 Å². The Morgan fingerprint density at radius 3 is 2.95 bits per heavy atom. The summed E-state index contributed by atoms with van der Waals surface area (Å²) < 4.78 is 0. The lowest BCUT2D eigenvalue weighted by Crippen LogP contribution is -2.19. The lowest BCUT2D eigenvalue weighted by atomic mass is 10.1. The molecule has 0 saturated carbocycles. The van der Waals surface area contributed by atoms with Crippen molar-refractivity contribution in [3.63, 3.8) is 0 Å². The highest BCUT2D eigenvalue weighted by Gasteiger charge is 2.16. The third-order valence-corrected chi connectivity index (χ3v) is 4.20. The van der Waals surface area contributed by atoms with Crippen LogP contribution in [-0.4, -0.2) is 17.6 Å². The third kappa shape index (κ3) is 2.95. The number of benzene rings is 2. The second-order valence-corrected chi connectivity index (χ2v) is 5.71. The molecule has 1 aliphatic heterocycles. The number of nitriles is 1. The highest BCUT2D eigenvalue weighted by atomic mass is 32.2. The van der Waals surface area contributed by atoms with E-state index in [2.05, 4.69) is 10.6 Å². The molecule has 1 aliphatic rings. The summed E-state index contributed by atoms with van der Waals surface area (Å²) in [6.07, 6.45) is 0. The maximum atomic E-state index is 12.2. The van der Waals surface area contributed by atoms with Crippen molar-refractivity contribution in [2.24, 2.45) is 0 Å². The molecule has 3 rings (SSSR count). The largest absolute Gasteiger partial charge is 0.324 e. The molecule has 0 saturated heterocycles. The first-order valence-electron chi connectivity index (χ1n) is 6.54. The molecular formula is C16H11N3O2S. The summed E-state index contributed by atoms with van der Waals surface area (Å²) in [6, 6.07) is 13.9. The molecule has 0 bridgehead atoms. The second-order valence-electron chi connectivity index (χ2n) is 4.69. The smallest absolute Gasteiger partial charge is 0.255 e. The van der Waals surface area contributed by atoms with Crippen molar-refractivity contribution in [1.82, 2.24) is 0 Å². The number of hydrogen-bond donors (Lipinski definition) is 2. The number of carbonyl (C=O) groups is 2. The number of nitrogens with zero attached hydrogens (tertiary/aromatic N) is 1. The van der Waals surface area contributed by atoms with Crippen LogP contribution in [0.25, 0.3) is 0 Å². The molecule has 2 aromatic carbocycles. The average Bonchev–Trinajstić information content (AvgIpc) is 2.54. The summed E-state index contributed by atoms with van der Waals surface area (Å²) in [7, 11) is 0. The summed E-state index contributed by atoms with van der Waals surface area (Å²) >= 11 is 1.46. The van der Waals surface area contributed by atoms with Gasteiger partial charge in [-0.2, -0.15) is 5.26 Å². The van der Waals surface area contributed by atoms with E-state index in [0.29, 0.717) is 28.3 Å². The summed E-state index contributed by atoms with van der Waals surface area (Å²) in [5.74, 6) is 0.0502. The number of rotatable bonds is 2. The topological polar surface area (TPSA) is 82.0 Å². The standard InChI is InChI=1S/C16H11N3O2S/c17-8-10-2-1-3-11(6-10)16(21)18-12-4-5-14-13(7-12)19-15(20)9-22-14/h1-7H,9H2,(H,18,21)(H,19,20). The Bertz CT molecular complexity index is 811. The molecule has 6 heteroatoms. The number of nitrogens with one attached hydrogen (secondary N) is 2. The fourth-order valence-electron chi connectivity index (χ4n) is 2.09. The minimum Gasteiger partial charge on any atom is -0.324 e. The molecule has 2 aromatic rings. The zero-order valence-corrected chi connectivity index (χ0v) is 12.2. The molecule has 2 N–H and O–H groups in total. The summed E-state index contributed by atoms with van der Waals surface area (Å²) in [6.45, 7) is 0. The monoisotopic (exact) mass is 309 g/mol. The first kappa shape index (κ1) is 14.2. The van der Waals surface area contributed by atoms with Crippen LogP contribution in [0.5, 0.6) is 0 Å². The molecule has 0 atom stereocenters. The number of fused-ring (bicyclic) bond motifs is 1. The minimum atomic E-state index is -0.299. The predicted molar refractivity (Wildman–Crippen MR) is 84.9 cm³/mol. The van der Waals surface area contributed by atoms with E-state index in [-0.39, 0.29) is 11.8 Å². The SMILES string of the molecule is N#Cc1cccc(C(=O)Nc2ccc3c(c2)NC(=O)CS3)c1. The quantitative estimate of drug-likeness (QED) is 0.893. The van der Waals surface area contributed by atoms with Gasteiger partial charge in [-0.25, -0.2) is 0 Å². The molecule has 0 aromatic heterocycles. The molecule has 1 heterocycles. The van der Waals surface area contributed by atoms with Crippen molar-refractivity contribution in [3.8, 4) is 6.07 Å². The first-order chi connectivity index (χ1) is 10.7. The van der Waals surface area contributed by atoms with Gasteiger partial charge in [0.2, 0.25) is 5.91 Å². The van der Waals surface area contributed by atoms with Gasteiger partial charge >= 0.3 is 0 Å². The normalized spacial score (nSPS) is 12.8. The Balaban J connectivity index is 1.81. The molecular weight excluding hydrogens is 298 g/mol.